The fourth-order valence-electron chi connectivity index (χ4n) is 4.33. The Morgan fingerprint density at radius 3 is 2.94 bits per heavy atom. The molecule has 4 heterocycles. The molecule has 3 aromatic heterocycles. The summed E-state index contributed by atoms with van der Waals surface area (Å²) >= 11 is 1.50. The maximum atomic E-state index is 13.7. The van der Waals surface area contributed by atoms with Crippen molar-refractivity contribution in [2.24, 2.45) is 0 Å². The van der Waals surface area contributed by atoms with Crippen LogP contribution < -0.4 is 5.69 Å². The summed E-state index contributed by atoms with van der Waals surface area (Å²) in [6.07, 6.45) is 3.28. The molecule has 1 aliphatic rings. The number of carbonyl (C=O) groups is 1. The van der Waals surface area contributed by atoms with E-state index in [4.69, 9.17) is 0 Å². The Bertz CT molecular complexity index is 1290. The highest BCUT2D eigenvalue weighted by Gasteiger charge is 2.29. The zero-order valence-corrected chi connectivity index (χ0v) is 17.6. The largest absolute Gasteiger partial charge is 0.337 e. The lowest BCUT2D eigenvalue weighted by Gasteiger charge is -2.33. The Labute approximate surface area is 182 Å². The van der Waals surface area contributed by atoms with Crippen LogP contribution in [-0.4, -0.2) is 38.0 Å². The lowest BCUT2D eigenvalue weighted by molar-refractivity contribution is 0.0679. The number of imidazole rings is 1. The average molecular weight is 437 g/mol. The van der Waals surface area contributed by atoms with Crippen molar-refractivity contribution >= 4 is 28.4 Å². The van der Waals surface area contributed by atoms with Gasteiger partial charge in [0.15, 0.2) is 5.65 Å². The topological polar surface area (TPSA) is 60.1 Å². The summed E-state index contributed by atoms with van der Waals surface area (Å²) in [7, 11) is 0. The molecule has 0 N–H and O–H groups in total. The molecule has 1 aliphatic heterocycles. The maximum Gasteiger partial charge on any atom is 0.330 e. The first kappa shape index (κ1) is 19.7. The minimum absolute atomic E-state index is 0.00421. The van der Waals surface area contributed by atoms with Crippen LogP contribution in [0.5, 0.6) is 0 Å². The van der Waals surface area contributed by atoms with Crippen LogP contribution in [-0.2, 0) is 6.54 Å². The van der Waals surface area contributed by atoms with Crippen molar-refractivity contribution in [1.82, 2.24) is 19.0 Å². The Balaban J connectivity index is 1.52. The SMILES string of the molecule is O=C(c1ccsc1)N1CCC[C@H](n2c(=O)n(Cc3cccc(F)c3)c3cccnc32)C1. The summed E-state index contributed by atoms with van der Waals surface area (Å²) < 4.78 is 17.0. The van der Waals surface area contributed by atoms with Gasteiger partial charge in [-0.25, -0.2) is 14.2 Å². The summed E-state index contributed by atoms with van der Waals surface area (Å²) in [6.45, 7) is 1.40. The van der Waals surface area contributed by atoms with Gasteiger partial charge in [0, 0.05) is 24.7 Å². The van der Waals surface area contributed by atoms with Crippen molar-refractivity contribution in [1.29, 1.82) is 0 Å². The van der Waals surface area contributed by atoms with E-state index in [9.17, 15) is 14.0 Å². The standard InChI is InChI=1S/C23H21FN4O2S/c24-18-5-1-4-16(12-18)13-27-20-7-2-9-25-21(20)28(23(27)30)19-6-3-10-26(14-19)22(29)17-8-11-31-15-17/h1-2,4-5,7-9,11-12,15,19H,3,6,10,13-14H2/t19-/m0/s1. The number of rotatable bonds is 4. The number of carbonyl (C=O) groups excluding carboxylic acids is 1. The number of likely N-dealkylation sites (tertiary alicyclic amines) is 1. The summed E-state index contributed by atoms with van der Waals surface area (Å²) in [6, 6.07) is 11.6. The van der Waals surface area contributed by atoms with E-state index in [-0.39, 0.29) is 30.0 Å². The molecule has 0 spiro atoms. The monoisotopic (exact) mass is 436 g/mol. The highest BCUT2D eigenvalue weighted by Crippen LogP contribution is 2.26. The number of nitrogens with zero attached hydrogens (tertiary/aromatic N) is 4. The molecule has 1 amide bonds. The van der Waals surface area contributed by atoms with Gasteiger partial charge in [-0.1, -0.05) is 12.1 Å². The van der Waals surface area contributed by atoms with Crippen molar-refractivity contribution in [3.8, 4) is 0 Å². The molecule has 0 unspecified atom stereocenters. The molecule has 1 aromatic carbocycles. The number of hydrogen-bond donors (Lipinski definition) is 0. The Kier molecular flexibility index (Phi) is 5.15. The van der Waals surface area contributed by atoms with E-state index in [2.05, 4.69) is 4.98 Å². The molecule has 5 rings (SSSR count). The third-order valence-electron chi connectivity index (χ3n) is 5.77. The predicted octanol–water partition coefficient (Wildman–Crippen LogP) is 3.92. The molecular weight excluding hydrogens is 415 g/mol. The molecule has 6 nitrogen and oxygen atoms in total. The smallest absolute Gasteiger partial charge is 0.330 e. The van der Waals surface area contributed by atoms with Crippen LogP contribution in [0, 0.1) is 5.82 Å². The van der Waals surface area contributed by atoms with E-state index in [0.29, 0.717) is 35.4 Å². The number of fused-ring (bicyclic) bond motifs is 1. The van der Waals surface area contributed by atoms with Crippen molar-refractivity contribution in [3.05, 3.63) is 86.8 Å². The van der Waals surface area contributed by atoms with E-state index in [1.165, 1.54) is 23.5 Å². The second-order valence-corrected chi connectivity index (χ2v) is 8.55. The number of pyridine rings is 1. The first-order valence-corrected chi connectivity index (χ1v) is 11.2. The summed E-state index contributed by atoms with van der Waals surface area (Å²) in [5, 5.41) is 3.74. The van der Waals surface area contributed by atoms with Crippen LogP contribution in [0.1, 0.15) is 34.8 Å². The molecule has 31 heavy (non-hydrogen) atoms. The normalized spacial score (nSPS) is 16.7. The molecule has 158 valence electrons. The van der Waals surface area contributed by atoms with E-state index in [1.54, 1.807) is 33.5 Å². The lowest BCUT2D eigenvalue weighted by Crippen LogP contribution is -2.43. The number of halogens is 1. The quantitative estimate of drug-likeness (QED) is 0.487. The second kappa shape index (κ2) is 8.11. The molecule has 4 aromatic rings. The van der Waals surface area contributed by atoms with Gasteiger partial charge in [-0.3, -0.25) is 13.9 Å². The molecule has 0 aliphatic carbocycles. The van der Waals surface area contributed by atoms with Crippen molar-refractivity contribution < 1.29 is 9.18 Å². The van der Waals surface area contributed by atoms with Crippen LogP contribution in [0.2, 0.25) is 0 Å². The van der Waals surface area contributed by atoms with Gasteiger partial charge in [-0.05, 0) is 54.1 Å². The highest BCUT2D eigenvalue weighted by atomic mass is 32.1. The highest BCUT2D eigenvalue weighted by molar-refractivity contribution is 7.08. The first-order chi connectivity index (χ1) is 15.1. The van der Waals surface area contributed by atoms with Crippen molar-refractivity contribution in [3.63, 3.8) is 0 Å². The number of thiophene rings is 1. The molecule has 1 fully saturated rings. The molecule has 0 radical (unpaired) electrons. The predicted molar refractivity (Wildman–Crippen MR) is 118 cm³/mol. The fraction of sp³-hybridized carbons (Fsp3) is 0.261. The zero-order chi connectivity index (χ0) is 21.4. The summed E-state index contributed by atoms with van der Waals surface area (Å²) in [4.78, 5) is 32.6. The Morgan fingerprint density at radius 1 is 1.23 bits per heavy atom. The number of aromatic nitrogens is 3. The van der Waals surface area contributed by atoms with Gasteiger partial charge in [0.2, 0.25) is 0 Å². The van der Waals surface area contributed by atoms with E-state index < -0.39 is 0 Å². The van der Waals surface area contributed by atoms with Gasteiger partial charge in [-0.2, -0.15) is 11.3 Å². The van der Waals surface area contributed by atoms with Crippen LogP contribution >= 0.6 is 11.3 Å². The molecule has 1 atom stereocenters. The molecule has 0 bridgehead atoms. The van der Waals surface area contributed by atoms with Gasteiger partial charge < -0.3 is 4.90 Å². The van der Waals surface area contributed by atoms with Gasteiger partial charge in [-0.15, -0.1) is 0 Å². The van der Waals surface area contributed by atoms with Gasteiger partial charge in [0.25, 0.3) is 5.91 Å². The number of benzene rings is 1. The van der Waals surface area contributed by atoms with Gasteiger partial charge in [0.05, 0.1) is 23.7 Å². The second-order valence-electron chi connectivity index (χ2n) is 7.77. The molecule has 0 saturated carbocycles. The minimum Gasteiger partial charge on any atom is -0.337 e. The third-order valence-corrected chi connectivity index (χ3v) is 6.45. The molecular formula is C23H21FN4O2S. The first-order valence-electron chi connectivity index (χ1n) is 10.2. The third kappa shape index (κ3) is 3.67. The van der Waals surface area contributed by atoms with E-state index >= 15 is 0 Å². The van der Waals surface area contributed by atoms with Crippen molar-refractivity contribution in [2.75, 3.05) is 13.1 Å². The van der Waals surface area contributed by atoms with Crippen LogP contribution in [0.4, 0.5) is 4.39 Å². The molecule has 1 saturated heterocycles. The number of amides is 1. The zero-order valence-electron chi connectivity index (χ0n) is 16.8. The lowest BCUT2D eigenvalue weighted by atomic mass is 10.0. The molecule has 8 heteroatoms. The van der Waals surface area contributed by atoms with Gasteiger partial charge >= 0.3 is 5.69 Å². The van der Waals surface area contributed by atoms with Crippen molar-refractivity contribution in [2.45, 2.75) is 25.4 Å². The summed E-state index contributed by atoms with van der Waals surface area (Å²) in [5.41, 5.74) is 2.51. The number of hydrogen-bond acceptors (Lipinski definition) is 4. The average Bonchev–Trinajstić information content (AvgIpc) is 3.41. The fourth-order valence-corrected chi connectivity index (χ4v) is 4.96. The van der Waals surface area contributed by atoms with Gasteiger partial charge in [0.1, 0.15) is 5.82 Å². The van der Waals surface area contributed by atoms with E-state index in [0.717, 1.165) is 12.8 Å². The van der Waals surface area contributed by atoms with Crippen LogP contribution in [0.25, 0.3) is 11.2 Å². The summed E-state index contributed by atoms with van der Waals surface area (Å²) in [5.74, 6) is -0.335. The number of piperidine rings is 1. The van der Waals surface area contributed by atoms with Crippen LogP contribution in [0.15, 0.2) is 64.2 Å². The Morgan fingerprint density at radius 2 is 2.13 bits per heavy atom. The minimum atomic E-state index is -0.331. The van der Waals surface area contributed by atoms with Crippen LogP contribution in [0.3, 0.4) is 0 Å². The van der Waals surface area contributed by atoms with E-state index in [1.807, 2.05) is 27.8 Å². The maximum absolute atomic E-state index is 13.7. The Hall–Kier alpha value is -3.26.